The van der Waals surface area contributed by atoms with Crippen LogP contribution in [0.4, 0.5) is 5.69 Å². The molecular formula is C21H23N3O2S. The van der Waals surface area contributed by atoms with E-state index in [1.807, 2.05) is 41.3 Å². The number of ether oxygens (including phenoxy) is 1. The lowest BCUT2D eigenvalue weighted by atomic mass is 10.0. The summed E-state index contributed by atoms with van der Waals surface area (Å²) in [5, 5.41) is 0.867. The van der Waals surface area contributed by atoms with Gasteiger partial charge in [-0.05, 0) is 36.6 Å². The van der Waals surface area contributed by atoms with Gasteiger partial charge < -0.3 is 14.2 Å². The summed E-state index contributed by atoms with van der Waals surface area (Å²) in [5.74, 6) is 0.516. The third kappa shape index (κ3) is 3.73. The van der Waals surface area contributed by atoms with Crippen molar-refractivity contribution in [3.05, 3.63) is 54.1 Å². The summed E-state index contributed by atoms with van der Waals surface area (Å²) in [7, 11) is 1.70. The van der Waals surface area contributed by atoms with Gasteiger partial charge >= 0.3 is 0 Å². The summed E-state index contributed by atoms with van der Waals surface area (Å²) in [6, 6.07) is 16.3. The number of para-hydroxylation sites is 3. The Hall–Kier alpha value is -2.31. The Labute approximate surface area is 163 Å². The first-order valence-electron chi connectivity index (χ1n) is 9.23. The van der Waals surface area contributed by atoms with Crippen molar-refractivity contribution in [1.29, 1.82) is 0 Å². The van der Waals surface area contributed by atoms with Gasteiger partial charge in [-0.2, -0.15) is 0 Å². The van der Waals surface area contributed by atoms with Gasteiger partial charge in [0.15, 0.2) is 5.16 Å². The molecule has 2 aromatic carbocycles. The van der Waals surface area contributed by atoms with Crippen LogP contribution in [0, 0.1) is 0 Å². The molecule has 0 saturated heterocycles. The number of amides is 1. The van der Waals surface area contributed by atoms with Crippen molar-refractivity contribution in [2.75, 3.05) is 30.9 Å². The van der Waals surface area contributed by atoms with Crippen molar-refractivity contribution in [2.45, 2.75) is 24.5 Å². The Morgan fingerprint density at radius 3 is 2.89 bits per heavy atom. The first kappa shape index (κ1) is 18.1. The summed E-state index contributed by atoms with van der Waals surface area (Å²) in [6.07, 6.45) is 2.06. The maximum Gasteiger partial charge on any atom is 0.237 e. The molecule has 0 radical (unpaired) electrons. The van der Waals surface area contributed by atoms with Crippen LogP contribution in [0.25, 0.3) is 11.0 Å². The normalized spacial score (nSPS) is 13.7. The largest absolute Gasteiger partial charge is 0.383 e. The van der Waals surface area contributed by atoms with Crippen LogP contribution in [0.5, 0.6) is 0 Å². The number of hydrogen-bond acceptors (Lipinski definition) is 4. The second kappa shape index (κ2) is 8.15. The van der Waals surface area contributed by atoms with E-state index in [1.165, 1.54) is 17.3 Å². The minimum absolute atomic E-state index is 0.137. The van der Waals surface area contributed by atoms with E-state index in [2.05, 4.69) is 16.7 Å². The van der Waals surface area contributed by atoms with Gasteiger partial charge in [0.05, 0.1) is 23.4 Å². The predicted octanol–water partition coefficient (Wildman–Crippen LogP) is 3.75. The van der Waals surface area contributed by atoms with Crippen LogP contribution in [0.15, 0.2) is 53.7 Å². The standard InChI is InChI=1S/C21H23N3O2S/c1-26-14-13-24-19-11-5-3-9-17(19)22-21(24)27-15-20(25)23-12-6-8-16-7-2-4-10-18(16)23/h2-5,7,9-11H,6,8,12-15H2,1H3. The van der Waals surface area contributed by atoms with Crippen LogP contribution in [0.3, 0.4) is 0 Å². The third-order valence-corrected chi connectivity index (χ3v) is 5.84. The molecule has 0 aliphatic carbocycles. The van der Waals surface area contributed by atoms with E-state index in [0.717, 1.165) is 47.8 Å². The highest BCUT2D eigenvalue weighted by atomic mass is 32.2. The van der Waals surface area contributed by atoms with Gasteiger partial charge in [0.25, 0.3) is 0 Å². The summed E-state index contributed by atoms with van der Waals surface area (Å²) < 4.78 is 7.39. The van der Waals surface area contributed by atoms with E-state index in [9.17, 15) is 4.79 Å². The maximum atomic E-state index is 12.9. The van der Waals surface area contributed by atoms with Crippen molar-refractivity contribution >= 4 is 34.4 Å². The van der Waals surface area contributed by atoms with Gasteiger partial charge in [0.1, 0.15) is 0 Å². The molecular weight excluding hydrogens is 358 g/mol. The highest BCUT2D eigenvalue weighted by molar-refractivity contribution is 7.99. The highest BCUT2D eigenvalue weighted by Gasteiger charge is 2.23. The average molecular weight is 382 g/mol. The monoisotopic (exact) mass is 381 g/mol. The molecule has 1 aliphatic heterocycles. The lowest BCUT2D eigenvalue weighted by Crippen LogP contribution is -2.36. The molecule has 0 spiro atoms. The van der Waals surface area contributed by atoms with Crippen molar-refractivity contribution < 1.29 is 9.53 Å². The van der Waals surface area contributed by atoms with Gasteiger partial charge in [-0.25, -0.2) is 4.98 Å². The summed E-state index contributed by atoms with van der Waals surface area (Å²) in [4.78, 5) is 19.6. The van der Waals surface area contributed by atoms with E-state index in [0.29, 0.717) is 12.4 Å². The second-order valence-corrected chi connectivity index (χ2v) is 7.54. The van der Waals surface area contributed by atoms with Gasteiger partial charge in [0, 0.05) is 25.9 Å². The zero-order valence-corrected chi connectivity index (χ0v) is 16.2. The molecule has 0 N–H and O–H groups in total. The molecule has 0 fully saturated rings. The third-order valence-electron chi connectivity index (χ3n) is 4.87. The fourth-order valence-electron chi connectivity index (χ4n) is 3.56. The number of anilines is 1. The Bertz CT molecular complexity index is 954. The zero-order valence-electron chi connectivity index (χ0n) is 15.4. The Morgan fingerprint density at radius 2 is 2.00 bits per heavy atom. The molecule has 2 heterocycles. The Morgan fingerprint density at radius 1 is 1.19 bits per heavy atom. The maximum absolute atomic E-state index is 12.9. The van der Waals surface area contributed by atoms with Gasteiger partial charge in [-0.3, -0.25) is 4.79 Å². The molecule has 27 heavy (non-hydrogen) atoms. The van der Waals surface area contributed by atoms with E-state index < -0.39 is 0 Å². The van der Waals surface area contributed by atoms with Crippen LogP contribution in [0.2, 0.25) is 0 Å². The quantitative estimate of drug-likeness (QED) is 0.610. The number of imidazole rings is 1. The fraction of sp³-hybridized carbons (Fsp3) is 0.333. The van der Waals surface area contributed by atoms with Crippen molar-refractivity contribution in [1.82, 2.24) is 9.55 Å². The first-order valence-corrected chi connectivity index (χ1v) is 10.2. The first-order chi connectivity index (χ1) is 13.3. The highest BCUT2D eigenvalue weighted by Crippen LogP contribution is 2.29. The predicted molar refractivity (Wildman–Crippen MR) is 109 cm³/mol. The summed E-state index contributed by atoms with van der Waals surface area (Å²) in [6.45, 7) is 2.12. The van der Waals surface area contributed by atoms with Gasteiger partial charge in [0.2, 0.25) is 5.91 Å². The van der Waals surface area contributed by atoms with Crippen molar-refractivity contribution in [3.8, 4) is 0 Å². The minimum Gasteiger partial charge on any atom is -0.383 e. The number of carbonyl (C=O) groups excluding carboxylic acids is 1. The van der Waals surface area contributed by atoms with E-state index in [4.69, 9.17) is 9.72 Å². The van der Waals surface area contributed by atoms with Crippen LogP contribution < -0.4 is 4.90 Å². The molecule has 1 amide bonds. The summed E-state index contributed by atoms with van der Waals surface area (Å²) in [5.41, 5.74) is 4.34. The van der Waals surface area contributed by atoms with Crippen LogP contribution in [0.1, 0.15) is 12.0 Å². The number of aryl methyl sites for hydroxylation is 1. The number of methoxy groups -OCH3 is 1. The number of rotatable bonds is 6. The molecule has 6 heteroatoms. The number of thioether (sulfide) groups is 1. The van der Waals surface area contributed by atoms with Crippen LogP contribution in [-0.2, 0) is 22.5 Å². The molecule has 0 saturated carbocycles. The number of benzene rings is 2. The van der Waals surface area contributed by atoms with E-state index >= 15 is 0 Å². The topological polar surface area (TPSA) is 47.4 Å². The number of aromatic nitrogens is 2. The molecule has 1 aliphatic rings. The lowest BCUT2D eigenvalue weighted by Gasteiger charge is -2.29. The average Bonchev–Trinajstić information content (AvgIpc) is 3.07. The number of nitrogens with zero attached hydrogens (tertiary/aromatic N) is 3. The minimum atomic E-state index is 0.137. The number of hydrogen-bond donors (Lipinski definition) is 0. The second-order valence-electron chi connectivity index (χ2n) is 6.59. The lowest BCUT2D eigenvalue weighted by molar-refractivity contribution is -0.116. The fourth-order valence-corrected chi connectivity index (χ4v) is 4.48. The smallest absolute Gasteiger partial charge is 0.237 e. The Balaban J connectivity index is 1.53. The van der Waals surface area contributed by atoms with E-state index in [1.54, 1.807) is 7.11 Å². The molecule has 140 valence electrons. The molecule has 1 aromatic heterocycles. The molecule has 0 atom stereocenters. The summed E-state index contributed by atoms with van der Waals surface area (Å²) >= 11 is 1.50. The van der Waals surface area contributed by atoms with Crippen molar-refractivity contribution in [3.63, 3.8) is 0 Å². The van der Waals surface area contributed by atoms with Gasteiger partial charge in [-0.15, -0.1) is 0 Å². The Kier molecular flexibility index (Phi) is 5.45. The van der Waals surface area contributed by atoms with Crippen molar-refractivity contribution in [2.24, 2.45) is 0 Å². The van der Waals surface area contributed by atoms with Crippen LogP contribution >= 0.6 is 11.8 Å². The molecule has 0 unspecified atom stereocenters. The number of carbonyl (C=O) groups is 1. The SMILES string of the molecule is COCCn1c(SCC(=O)N2CCCc3ccccc32)nc2ccccc21. The molecule has 0 bridgehead atoms. The molecule has 4 rings (SSSR count). The van der Waals surface area contributed by atoms with Gasteiger partial charge in [-0.1, -0.05) is 42.1 Å². The molecule has 3 aromatic rings. The number of fused-ring (bicyclic) bond motifs is 2. The zero-order chi connectivity index (χ0) is 18.6. The molecule has 5 nitrogen and oxygen atoms in total. The van der Waals surface area contributed by atoms with Crippen LogP contribution in [-0.4, -0.2) is 41.5 Å². The van der Waals surface area contributed by atoms with E-state index in [-0.39, 0.29) is 5.91 Å².